The van der Waals surface area contributed by atoms with E-state index in [1.165, 1.54) is 19.3 Å². The topological polar surface area (TPSA) is 29.1 Å². The van der Waals surface area contributed by atoms with Crippen LogP contribution < -0.4 is 5.32 Å². The van der Waals surface area contributed by atoms with Crippen molar-refractivity contribution >= 4 is 21.8 Å². The molecule has 14 heavy (non-hydrogen) atoms. The molecule has 0 aliphatic heterocycles. The number of alkyl halides is 1. The summed E-state index contributed by atoms with van der Waals surface area (Å²) in [5, 5.41) is 3.04. The van der Waals surface area contributed by atoms with Crippen LogP contribution in [0.3, 0.4) is 0 Å². The summed E-state index contributed by atoms with van der Waals surface area (Å²) in [5.74, 6) is 2.19. The van der Waals surface area contributed by atoms with Gasteiger partial charge < -0.3 is 5.32 Å². The zero-order valence-electron chi connectivity index (χ0n) is 8.63. The van der Waals surface area contributed by atoms with Crippen LogP contribution in [-0.4, -0.2) is 17.3 Å². The highest BCUT2D eigenvalue weighted by molar-refractivity contribution is 9.09. The molecular weight excluding hydrogens is 242 g/mol. The highest BCUT2D eigenvalue weighted by Gasteiger charge is 2.56. The first-order chi connectivity index (χ1) is 6.70. The second-order valence-corrected chi connectivity index (χ2v) is 6.21. The van der Waals surface area contributed by atoms with Crippen LogP contribution in [0, 0.1) is 17.8 Å². The number of carbonyl (C=O) groups is 1. The van der Waals surface area contributed by atoms with Crippen LogP contribution in [0.2, 0.25) is 0 Å². The van der Waals surface area contributed by atoms with Crippen molar-refractivity contribution in [1.29, 1.82) is 0 Å². The predicted molar refractivity (Wildman–Crippen MR) is 60.3 cm³/mol. The molecule has 0 radical (unpaired) electrons. The third-order valence-corrected chi connectivity index (χ3v) is 4.01. The summed E-state index contributed by atoms with van der Waals surface area (Å²) in [5.41, 5.74) is 0. The van der Waals surface area contributed by atoms with Gasteiger partial charge in [0.15, 0.2) is 0 Å². The third kappa shape index (κ3) is 2.13. The van der Waals surface area contributed by atoms with Crippen LogP contribution in [0.15, 0.2) is 0 Å². The number of halogens is 1. The number of hydrogen-bond donors (Lipinski definition) is 1. The van der Waals surface area contributed by atoms with Gasteiger partial charge in [-0.25, -0.2) is 0 Å². The molecule has 2 aliphatic rings. The zero-order valence-corrected chi connectivity index (χ0v) is 10.2. The fourth-order valence-electron chi connectivity index (χ4n) is 2.72. The molecule has 0 bridgehead atoms. The standard InChI is InChI=1S/C11H18BrNO/c1-7(12)5-6-13-11(14)10-8-3-2-4-9(8)10/h7-10H,2-6H2,1H3,(H,13,14). The predicted octanol–water partition coefficient (Wildman–Crippen LogP) is 2.32. The molecular formula is C11H18BrNO. The molecule has 3 atom stereocenters. The molecule has 0 aromatic carbocycles. The normalized spacial score (nSPS) is 36.3. The van der Waals surface area contributed by atoms with E-state index in [1.54, 1.807) is 0 Å². The molecule has 1 amide bonds. The zero-order chi connectivity index (χ0) is 10.1. The van der Waals surface area contributed by atoms with E-state index in [0.717, 1.165) is 24.8 Å². The minimum Gasteiger partial charge on any atom is -0.356 e. The van der Waals surface area contributed by atoms with Gasteiger partial charge in [0.05, 0.1) is 0 Å². The van der Waals surface area contributed by atoms with Crippen molar-refractivity contribution in [2.75, 3.05) is 6.54 Å². The lowest BCUT2D eigenvalue weighted by atomic mass is 10.1. The summed E-state index contributed by atoms with van der Waals surface area (Å²) in [7, 11) is 0. The van der Waals surface area contributed by atoms with Crippen LogP contribution in [-0.2, 0) is 4.79 Å². The van der Waals surface area contributed by atoms with E-state index in [0.29, 0.717) is 16.7 Å². The Hall–Kier alpha value is -0.0500. The van der Waals surface area contributed by atoms with E-state index in [9.17, 15) is 4.79 Å². The maximum atomic E-state index is 11.7. The highest BCUT2D eigenvalue weighted by Crippen LogP contribution is 2.57. The van der Waals surface area contributed by atoms with Gasteiger partial charge in [-0.2, -0.15) is 0 Å². The molecule has 2 nitrogen and oxygen atoms in total. The van der Waals surface area contributed by atoms with Gasteiger partial charge in [0.1, 0.15) is 0 Å². The smallest absolute Gasteiger partial charge is 0.223 e. The van der Waals surface area contributed by atoms with Crippen LogP contribution in [0.4, 0.5) is 0 Å². The average Bonchev–Trinajstić information content (AvgIpc) is 2.60. The third-order valence-electron chi connectivity index (χ3n) is 3.55. The lowest BCUT2D eigenvalue weighted by molar-refractivity contribution is -0.123. The average molecular weight is 260 g/mol. The van der Waals surface area contributed by atoms with Crippen molar-refractivity contribution in [3.63, 3.8) is 0 Å². The van der Waals surface area contributed by atoms with Gasteiger partial charge in [-0.05, 0) is 31.1 Å². The number of rotatable bonds is 4. The molecule has 2 fully saturated rings. The van der Waals surface area contributed by atoms with Gasteiger partial charge in [0, 0.05) is 17.3 Å². The van der Waals surface area contributed by atoms with Crippen molar-refractivity contribution in [1.82, 2.24) is 5.32 Å². The van der Waals surface area contributed by atoms with E-state index in [-0.39, 0.29) is 0 Å². The van der Waals surface area contributed by atoms with Gasteiger partial charge in [-0.3, -0.25) is 4.79 Å². The fourth-order valence-corrected chi connectivity index (χ4v) is 2.95. The van der Waals surface area contributed by atoms with E-state index >= 15 is 0 Å². The molecule has 0 spiro atoms. The van der Waals surface area contributed by atoms with Gasteiger partial charge in [0.2, 0.25) is 5.91 Å². The Bertz CT molecular complexity index is 219. The number of carbonyl (C=O) groups excluding carboxylic acids is 1. The molecule has 2 rings (SSSR count). The first kappa shape index (κ1) is 10.5. The Kier molecular flexibility index (Phi) is 3.15. The molecule has 80 valence electrons. The summed E-state index contributed by atoms with van der Waals surface area (Å²) < 4.78 is 0. The quantitative estimate of drug-likeness (QED) is 0.772. The molecule has 0 aromatic heterocycles. The number of amides is 1. The maximum absolute atomic E-state index is 11.7. The number of nitrogens with one attached hydrogen (secondary N) is 1. The second-order valence-electron chi connectivity index (χ2n) is 4.64. The van der Waals surface area contributed by atoms with E-state index in [4.69, 9.17) is 0 Å². The maximum Gasteiger partial charge on any atom is 0.223 e. The first-order valence-corrected chi connectivity index (χ1v) is 6.53. The van der Waals surface area contributed by atoms with Crippen molar-refractivity contribution < 1.29 is 4.79 Å². The van der Waals surface area contributed by atoms with Crippen LogP contribution in [0.25, 0.3) is 0 Å². The first-order valence-electron chi connectivity index (χ1n) is 5.62. The largest absolute Gasteiger partial charge is 0.356 e. The molecule has 2 aliphatic carbocycles. The van der Waals surface area contributed by atoms with Crippen LogP contribution in [0.1, 0.15) is 32.6 Å². The Morgan fingerprint density at radius 1 is 1.50 bits per heavy atom. The van der Waals surface area contributed by atoms with E-state index in [2.05, 4.69) is 28.2 Å². The van der Waals surface area contributed by atoms with Crippen LogP contribution >= 0.6 is 15.9 Å². The second kappa shape index (κ2) is 4.21. The van der Waals surface area contributed by atoms with Crippen LogP contribution in [0.5, 0.6) is 0 Å². The molecule has 3 unspecified atom stereocenters. The van der Waals surface area contributed by atoms with Gasteiger partial charge in [0.25, 0.3) is 0 Å². The number of fused-ring (bicyclic) bond motifs is 1. The summed E-state index contributed by atoms with van der Waals surface area (Å²) in [6, 6.07) is 0. The minimum absolute atomic E-state index is 0.313. The lowest BCUT2D eigenvalue weighted by Gasteiger charge is -2.07. The fraction of sp³-hybridized carbons (Fsp3) is 0.909. The Balaban J connectivity index is 1.65. The van der Waals surface area contributed by atoms with Crippen molar-refractivity contribution in [3.8, 4) is 0 Å². The van der Waals surface area contributed by atoms with Crippen molar-refractivity contribution in [3.05, 3.63) is 0 Å². The van der Waals surface area contributed by atoms with Gasteiger partial charge in [-0.15, -0.1) is 0 Å². The monoisotopic (exact) mass is 259 g/mol. The molecule has 2 saturated carbocycles. The lowest BCUT2D eigenvalue weighted by Crippen LogP contribution is -2.28. The molecule has 3 heteroatoms. The molecule has 0 saturated heterocycles. The summed E-state index contributed by atoms with van der Waals surface area (Å²) in [4.78, 5) is 12.2. The number of hydrogen-bond acceptors (Lipinski definition) is 1. The van der Waals surface area contributed by atoms with E-state index in [1.807, 2.05) is 0 Å². The summed E-state index contributed by atoms with van der Waals surface area (Å²) >= 11 is 3.47. The van der Waals surface area contributed by atoms with Gasteiger partial charge in [-0.1, -0.05) is 29.3 Å². The van der Waals surface area contributed by atoms with E-state index < -0.39 is 0 Å². The molecule has 1 N–H and O–H groups in total. The minimum atomic E-state index is 0.313. The highest BCUT2D eigenvalue weighted by atomic mass is 79.9. The Morgan fingerprint density at radius 3 is 2.71 bits per heavy atom. The Labute approximate surface area is 94.0 Å². The van der Waals surface area contributed by atoms with Gasteiger partial charge >= 0.3 is 0 Å². The molecule has 0 heterocycles. The molecule has 0 aromatic rings. The summed E-state index contributed by atoms with van der Waals surface area (Å²) in [6.07, 6.45) is 4.94. The summed E-state index contributed by atoms with van der Waals surface area (Å²) in [6.45, 7) is 2.93. The van der Waals surface area contributed by atoms with Crippen molar-refractivity contribution in [2.24, 2.45) is 17.8 Å². The Morgan fingerprint density at radius 2 is 2.14 bits per heavy atom. The van der Waals surface area contributed by atoms with Crippen molar-refractivity contribution in [2.45, 2.75) is 37.4 Å². The SMILES string of the molecule is CC(Br)CCNC(=O)C1C2CCCC21.